The molecule has 2 atom stereocenters. The molecule has 0 aliphatic carbocycles. The van der Waals surface area contributed by atoms with E-state index in [4.69, 9.17) is 0 Å². The number of hydrogen-bond donors (Lipinski definition) is 4. The average molecular weight is 663 g/mol. The van der Waals surface area contributed by atoms with Crippen LogP contribution >= 0.6 is 0 Å². The summed E-state index contributed by atoms with van der Waals surface area (Å²) >= 11 is 0. The van der Waals surface area contributed by atoms with Crippen LogP contribution in [0.2, 0.25) is 0 Å². The van der Waals surface area contributed by atoms with Gasteiger partial charge in [0.2, 0.25) is 11.8 Å². The fourth-order valence-electron chi connectivity index (χ4n) is 6.54. The Balaban J connectivity index is 1.72. The molecule has 0 heterocycles. The minimum Gasteiger partial charge on any atom is -0.378 e. The van der Waals surface area contributed by atoms with Crippen LogP contribution in [-0.4, -0.2) is 34.1 Å². The second-order valence-corrected chi connectivity index (χ2v) is 15.0. The van der Waals surface area contributed by atoms with Crippen molar-refractivity contribution < 1.29 is 19.8 Å². The molecule has 0 radical (unpaired) electrons. The predicted molar refractivity (Wildman–Crippen MR) is 198 cm³/mol. The first-order valence-corrected chi connectivity index (χ1v) is 17.3. The SMILES string of the molecule is Cc1ccc(C(O)(c2ccc(C)cc2)C(NC(=O)C(C)(C)C(=O)NC(C(C)C)C(O)(c2ccc(C)cc2)c2ccc(C)cc2)C(C)C)cc1. The van der Waals surface area contributed by atoms with Gasteiger partial charge in [0.05, 0.1) is 12.1 Å². The van der Waals surface area contributed by atoms with Crippen molar-refractivity contribution in [3.63, 3.8) is 0 Å². The van der Waals surface area contributed by atoms with E-state index in [9.17, 15) is 19.8 Å². The summed E-state index contributed by atoms with van der Waals surface area (Å²) in [4.78, 5) is 28.6. The Bertz CT molecular complexity index is 1500. The lowest BCUT2D eigenvalue weighted by molar-refractivity contribution is -0.145. The van der Waals surface area contributed by atoms with E-state index < -0.39 is 40.5 Å². The smallest absolute Gasteiger partial charge is 0.235 e. The van der Waals surface area contributed by atoms with Crippen molar-refractivity contribution >= 4 is 11.8 Å². The van der Waals surface area contributed by atoms with Crippen LogP contribution in [0.1, 0.15) is 86.1 Å². The normalized spacial score (nSPS) is 13.7. The Hall–Kier alpha value is -4.26. The van der Waals surface area contributed by atoms with Gasteiger partial charge >= 0.3 is 0 Å². The Morgan fingerprint density at radius 3 is 0.857 bits per heavy atom. The molecule has 260 valence electrons. The van der Waals surface area contributed by atoms with Crippen molar-refractivity contribution in [3.05, 3.63) is 142 Å². The second-order valence-electron chi connectivity index (χ2n) is 15.0. The third kappa shape index (κ3) is 7.66. The van der Waals surface area contributed by atoms with Crippen molar-refractivity contribution in [3.8, 4) is 0 Å². The molecule has 0 spiro atoms. The summed E-state index contributed by atoms with van der Waals surface area (Å²) in [7, 11) is 0. The molecule has 2 amide bonds. The van der Waals surface area contributed by atoms with Crippen LogP contribution in [0.15, 0.2) is 97.1 Å². The highest BCUT2D eigenvalue weighted by Gasteiger charge is 2.49. The molecular weight excluding hydrogens is 608 g/mol. The monoisotopic (exact) mass is 662 g/mol. The molecule has 0 aliphatic rings. The Morgan fingerprint density at radius 1 is 0.469 bits per heavy atom. The molecule has 0 saturated heterocycles. The molecule has 4 N–H and O–H groups in total. The Kier molecular flexibility index (Phi) is 11.3. The maximum Gasteiger partial charge on any atom is 0.235 e. The summed E-state index contributed by atoms with van der Waals surface area (Å²) in [6, 6.07) is 29.1. The van der Waals surface area contributed by atoms with Gasteiger partial charge in [-0.2, -0.15) is 0 Å². The fourth-order valence-corrected chi connectivity index (χ4v) is 6.54. The molecule has 6 nitrogen and oxygen atoms in total. The second kappa shape index (κ2) is 14.7. The maximum absolute atomic E-state index is 14.3. The number of carbonyl (C=O) groups is 2. The van der Waals surface area contributed by atoms with Crippen molar-refractivity contribution in [2.75, 3.05) is 0 Å². The Morgan fingerprint density at radius 2 is 0.673 bits per heavy atom. The van der Waals surface area contributed by atoms with Crippen LogP contribution in [0.5, 0.6) is 0 Å². The number of benzene rings is 4. The molecule has 0 saturated carbocycles. The lowest BCUT2D eigenvalue weighted by Crippen LogP contribution is -2.61. The van der Waals surface area contributed by atoms with Gasteiger partial charge < -0.3 is 20.8 Å². The first-order valence-electron chi connectivity index (χ1n) is 17.3. The van der Waals surface area contributed by atoms with E-state index in [-0.39, 0.29) is 11.8 Å². The van der Waals surface area contributed by atoms with Crippen LogP contribution in [-0.2, 0) is 20.8 Å². The average Bonchev–Trinajstić information content (AvgIpc) is 3.06. The van der Waals surface area contributed by atoms with Crippen LogP contribution in [0.4, 0.5) is 0 Å². The third-order valence-electron chi connectivity index (χ3n) is 9.91. The predicted octanol–water partition coefficient (Wildman–Crippen LogP) is 7.40. The molecule has 4 aromatic rings. The Labute approximate surface area is 293 Å². The van der Waals surface area contributed by atoms with Crippen LogP contribution in [0, 0.1) is 44.9 Å². The highest BCUT2D eigenvalue weighted by atomic mass is 16.3. The molecule has 4 rings (SSSR count). The molecule has 49 heavy (non-hydrogen) atoms. The van der Waals surface area contributed by atoms with E-state index in [0.717, 1.165) is 22.3 Å². The van der Waals surface area contributed by atoms with Gasteiger partial charge in [0.25, 0.3) is 0 Å². The van der Waals surface area contributed by atoms with Gasteiger partial charge in [-0.15, -0.1) is 0 Å². The van der Waals surface area contributed by atoms with E-state index in [0.29, 0.717) is 22.3 Å². The fraction of sp³-hybridized carbons (Fsp3) is 0.395. The van der Waals surface area contributed by atoms with Crippen molar-refractivity contribution in [1.82, 2.24) is 10.6 Å². The first-order chi connectivity index (χ1) is 22.9. The zero-order valence-electron chi connectivity index (χ0n) is 30.8. The number of carbonyl (C=O) groups excluding carboxylic acids is 2. The van der Waals surface area contributed by atoms with E-state index in [1.165, 1.54) is 0 Å². The van der Waals surface area contributed by atoms with E-state index in [1.807, 2.05) is 152 Å². The number of aryl methyl sites for hydroxylation is 4. The summed E-state index contributed by atoms with van der Waals surface area (Å²) in [5.74, 6) is -1.49. The standard InChI is InChI=1S/C43H54N2O4/c1-27(2)37(42(48,33-19-11-29(5)12-20-33)34-21-13-30(6)14-22-34)44-39(46)41(9,10)40(47)45-38(28(3)4)43(49,35-23-15-31(7)16-24-35)36-25-17-32(8)18-26-36/h11-28,37-38,48-49H,1-10H3,(H,44,46)(H,45,47). The van der Waals surface area contributed by atoms with E-state index in [1.54, 1.807) is 13.8 Å². The van der Waals surface area contributed by atoms with Crippen LogP contribution < -0.4 is 10.6 Å². The lowest BCUT2D eigenvalue weighted by Gasteiger charge is -2.43. The quantitative estimate of drug-likeness (QED) is 0.119. The summed E-state index contributed by atoms with van der Waals surface area (Å²) in [5.41, 5.74) is 2.03. The molecule has 6 heteroatoms. The van der Waals surface area contributed by atoms with Gasteiger partial charge in [0.1, 0.15) is 16.6 Å². The van der Waals surface area contributed by atoms with Gasteiger partial charge in [0.15, 0.2) is 0 Å². The number of aliphatic hydroxyl groups is 2. The van der Waals surface area contributed by atoms with Gasteiger partial charge in [-0.1, -0.05) is 147 Å². The van der Waals surface area contributed by atoms with Gasteiger partial charge in [0, 0.05) is 0 Å². The highest BCUT2D eigenvalue weighted by Crippen LogP contribution is 2.39. The first kappa shape index (κ1) is 37.6. The number of rotatable bonds is 12. The molecule has 0 aliphatic heterocycles. The zero-order chi connectivity index (χ0) is 36.3. The van der Waals surface area contributed by atoms with Gasteiger partial charge in [-0.25, -0.2) is 0 Å². The topological polar surface area (TPSA) is 98.7 Å². The molecule has 0 bridgehead atoms. The maximum atomic E-state index is 14.3. The van der Waals surface area contributed by atoms with E-state index >= 15 is 0 Å². The number of nitrogens with one attached hydrogen (secondary N) is 2. The largest absolute Gasteiger partial charge is 0.378 e. The summed E-state index contributed by atoms with van der Waals surface area (Å²) in [6.45, 7) is 18.9. The molecule has 0 aromatic heterocycles. The zero-order valence-corrected chi connectivity index (χ0v) is 30.8. The molecule has 0 fully saturated rings. The van der Waals surface area contributed by atoms with Crippen molar-refractivity contribution in [2.45, 2.75) is 92.5 Å². The molecule has 4 aromatic carbocycles. The van der Waals surface area contributed by atoms with Crippen molar-refractivity contribution in [1.29, 1.82) is 0 Å². The number of amides is 2. The molecule has 2 unspecified atom stereocenters. The summed E-state index contributed by atoms with van der Waals surface area (Å²) in [6.07, 6.45) is 0. The summed E-state index contributed by atoms with van der Waals surface area (Å²) in [5, 5.41) is 31.6. The van der Waals surface area contributed by atoms with E-state index in [2.05, 4.69) is 10.6 Å². The van der Waals surface area contributed by atoms with Crippen LogP contribution in [0.25, 0.3) is 0 Å². The minimum absolute atomic E-state index is 0.216. The summed E-state index contributed by atoms with van der Waals surface area (Å²) < 4.78 is 0. The van der Waals surface area contributed by atoms with Crippen LogP contribution in [0.3, 0.4) is 0 Å². The lowest BCUT2D eigenvalue weighted by atomic mass is 9.74. The molecular formula is C43H54N2O4. The van der Waals surface area contributed by atoms with Crippen molar-refractivity contribution in [2.24, 2.45) is 17.3 Å². The minimum atomic E-state index is -1.59. The van der Waals surface area contributed by atoms with Gasteiger partial charge in [-0.05, 0) is 75.6 Å². The van der Waals surface area contributed by atoms with Gasteiger partial charge in [-0.3, -0.25) is 9.59 Å². The highest BCUT2D eigenvalue weighted by molar-refractivity contribution is 6.04. The number of hydrogen-bond acceptors (Lipinski definition) is 4. The third-order valence-corrected chi connectivity index (χ3v) is 9.91.